The number of aryl methyl sites for hydroxylation is 1. The first-order chi connectivity index (χ1) is 26.2. The third-order valence-electron chi connectivity index (χ3n) is 10.6. The van der Waals surface area contributed by atoms with Crippen molar-refractivity contribution in [3.05, 3.63) is 89.0 Å². The van der Waals surface area contributed by atoms with Gasteiger partial charge in [-0.15, -0.1) is 0 Å². The van der Waals surface area contributed by atoms with Crippen LogP contribution in [0.2, 0.25) is 0 Å². The van der Waals surface area contributed by atoms with Gasteiger partial charge in [-0.1, -0.05) is 48.0 Å². The van der Waals surface area contributed by atoms with E-state index in [4.69, 9.17) is 28.4 Å². The van der Waals surface area contributed by atoms with E-state index in [-0.39, 0.29) is 30.7 Å². The van der Waals surface area contributed by atoms with E-state index >= 15 is 0 Å². The summed E-state index contributed by atoms with van der Waals surface area (Å²) in [6.45, 7) is 14.8. The van der Waals surface area contributed by atoms with Gasteiger partial charge in [0.1, 0.15) is 12.4 Å². The number of fused-ring (bicyclic) bond motifs is 1. The first-order valence-electron chi connectivity index (χ1n) is 19.5. The van der Waals surface area contributed by atoms with Crippen molar-refractivity contribution in [2.75, 3.05) is 90.9 Å². The molecule has 296 valence electrons. The molecule has 2 saturated heterocycles. The average molecular weight is 766 g/mol. The van der Waals surface area contributed by atoms with E-state index < -0.39 is 10.0 Å². The molecular weight excluding hydrogens is 707 g/mol. The molecule has 54 heavy (non-hydrogen) atoms. The maximum Gasteiger partial charge on any atom is 0.243 e. The van der Waals surface area contributed by atoms with Crippen LogP contribution >= 0.6 is 0 Å². The smallest absolute Gasteiger partial charge is 0.243 e. The highest BCUT2D eigenvalue weighted by molar-refractivity contribution is 7.89. The molecule has 0 spiro atoms. The molecule has 0 aliphatic carbocycles. The van der Waals surface area contributed by atoms with Crippen LogP contribution in [0.1, 0.15) is 54.9 Å². The number of morpholine rings is 1. The Balaban J connectivity index is 1.27. The van der Waals surface area contributed by atoms with Gasteiger partial charge in [0.2, 0.25) is 10.0 Å². The first-order valence-corrected chi connectivity index (χ1v) is 21.0. The minimum atomic E-state index is -3.82. The standard InChI is InChI=1S/C42H59N3O8S/c1-5-51-33(3)29-50-30-34-9-12-36(13-10-34)39-26-37(27-43-18-22-49-23-19-43)45(54(46,47)38-14-7-32(2)8-15-38)28-42(39)53-31-35-11-16-41-40(25-35)44(20-24-52-41)17-6-21-48-4/h7-16,25,33,37,39,42H,5-6,17-24,26-31H2,1-4H3/t33-,37-,39-,42+/m1/s1. The van der Waals surface area contributed by atoms with Gasteiger partial charge >= 0.3 is 0 Å². The summed E-state index contributed by atoms with van der Waals surface area (Å²) in [5, 5.41) is 0. The summed E-state index contributed by atoms with van der Waals surface area (Å²) >= 11 is 0. The molecule has 0 N–H and O–H groups in total. The lowest BCUT2D eigenvalue weighted by Crippen LogP contribution is -2.56. The Hall–Kier alpha value is -3.07. The van der Waals surface area contributed by atoms with Crippen LogP contribution in [0.25, 0.3) is 0 Å². The Labute approximate surface area is 322 Å². The fraction of sp³-hybridized carbons (Fsp3) is 0.571. The first kappa shape index (κ1) is 40.6. The van der Waals surface area contributed by atoms with Crippen molar-refractivity contribution < 1.29 is 36.8 Å². The number of hydrogen-bond acceptors (Lipinski definition) is 10. The zero-order valence-electron chi connectivity index (χ0n) is 32.5. The molecule has 3 aromatic rings. The number of rotatable bonds is 18. The Morgan fingerprint density at radius 2 is 1.69 bits per heavy atom. The SMILES string of the molecule is CCO[C@H](C)COCc1ccc([C@H]2C[C@H](CN3CCOCC3)N(S(=O)(=O)c3ccc(C)cc3)C[C@@H]2OCc2ccc3c(c2)N(CCCOC)CCO3)cc1. The summed E-state index contributed by atoms with van der Waals surface area (Å²) in [4.78, 5) is 4.99. The summed E-state index contributed by atoms with van der Waals surface area (Å²) in [5.41, 5.74) is 5.31. The van der Waals surface area contributed by atoms with Gasteiger partial charge in [0.25, 0.3) is 0 Å². The fourth-order valence-corrected chi connectivity index (χ4v) is 9.34. The Bertz CT molecular complexity index is 1700. The molecule has 0 saturated carbocycles. The molecule has 12 heteroatoms. The zero-order valence-corrected chi connectivity index (χ0v) is 33.3. The van der Waals surface area contributed by atoms with Crippen LogP contribution in [0.4, 0.5) is 5.69 Å². The second-order valence-electron chi connectivity index (χ2n) is 14.7. The Morgan fingerprint density at radius 1 is 0.926 bits per heavy atom. The summed E-state index contributed by atoms with van der Waals surface area (Å²) in [5.74, 6) is 0.843. The van der Waals surface area contributed by atoms with Crippen molar-refractivity contribution in [2.45, 2.75) is 75.9 Å². The van der Waals surface area contributed by atoms with E-state index in [0.717, 1.165) is 66.3 Å². The maximum absolute atomic E-state index is 14.5. The molecule has 3 aromatic carbocycles. The van der Waals surface area contributed by atoms with E-state index in [1.807, 2.05) is 39.0 Å². The topological polar surface area (TPSA) is 99.2 Å². The molecule has 3 heterocycles. The van der Waals surface area contributed by atoms with Crippen LogP contribution in [-0.2, 0) is 46.9 Å². The van der Waals surface area contributed by atoms with Crippen LogP contribution in [0, 0.1) is 6.92 Å². The second kappa shape index (κ2) is 19.7. The molecule has 2 fully saturated rings. The van der Waals surface area contributed by atoms with Crippen molar-refractivity contribution in [2.24, 2.45) is 0 Å². The molecule has 3 aliphatic rings. The van der Waals surface area contributed by atoms with E-state index in [2.05, 4.69) is 46.2 Å². The Kier molecular flexibility index (Phi) is 14.8. The highest BCUT2D eigenvalue weighted by Crippen LogP contribution is 2.39. The highest BCUT2D eigenvalue weighted by atomic mass is 32.2. The second-order valence-corrected chi connectivity index (χ2v) is 16.5. The van der Waals surface area contributed by atoms with Crippen molar-refractivity contribution in [3.8, 4) is 5.75 Å². The number of nitrogens with zero attached hydrogens (tertiary/aromatic N) is 3. The monoisotopic (exact) mass is 765 g/mol. The summed E-state index contributed by atoms with van der Waals surface area (Å²) in [6, 6.07) is 21.7. The molecule has 4 atom stereocenters. The van der Waals surface area contributed by atoms with Crippen LogP contribution < -0.4 is 9.64 Å². The fourth-order valence-electron chi connectivity index (χ4n) is 7.70. The van der Waals surface area contributed by atoms with Gasteiger partial charge in [0, 0.05) is 65.0 Å². The number of hydrogen-bond donors (Lipinski definition) is 0. The van der Waals surface area contributed by atoms with Crippen molar-refractivity contribution >= 4 is 15.7 Å². The van der Waals surface area contributed by atoms with Crippen molar-refractivity contribution in [3.63, 3.8) is 0 Å². The molecule has 11 nitrogen and oxygen atoms in total. The normalized spacial score (nSPS) is 21.8. The van der Waals surface area contributed by atoms with Crippen LogP contribution in [0.5, 0.6) is 5.75 Å². The lowest BCUT2D eigenvalue weighted by Gasteiger charge is -2.45. The lowest BCUT2D eigenvalue weighted by molar-refractivity contribution is -0.0305. The minimum absolute atomic E-state index is 0.0278. The molecule has 0 bridgehead atoms. The van der Waals surface area contributed by atoms with Gasteiger partial charge in [-0.3, -0.25) is 4.90 Å². The predicted molar refractivity (Wildman–Crippen MR) is 210 cm³/mol. The number of methoxy groups -OCH3 is 1. The number of piperidine rings is 1. The largest absolute Gasteiger partial charge is 0.490 e. The number of sulfonamides is 1. The van der Waals surface area contributed by atoms with Crippen molar-refractivity contribution in [1.82, 2.24) is 9.21 Å². The minimum Gasteiger partial charge on any atom is -0.490 e. The maximum atomic E-state index is 14.5. The van der Waals surface area contributed by atoms with Gasteiger partial charge in [0.15, 0.2) is 0 Å². The van der Waals surface area contributed by atoms with Crippen LogP contribution in [0.3, 0.4) is 0 Å². The van der Waals surface area contributed by atoms with E-state index in [1.54, 1.807) is 23.5 Å². The van der Waals surface area contributed by atoms with Gasteiger partial charge in [-0.05, 0) is 74.6 Å². The molecule has 0 amide bonds. The number of benzene rings is 3. The van der Waals surface area contributed by atoms with E-state index in [9.17, 15) is 8.42 Å². The third kappa shape index (κ3) is 10.6. The quantitative estimate of drug-likeness (QED) is 0.152. The average Bonchev–Trinajstić information content (AvgIpc) is 3.18. The van der Waals surface area contributed by atoms with E-state index in [1.165, 1.54) is 0 Å². The third-order valence-corrected chi connectivity index (χ3v) is 12.6. The summed E-state index contributed by atoms with van der Waals surface area (Å²) in [6.07, 6.45) is 1.21. The lowest BCUT2D eigenvalue weighted by atomic mass is 9.83. The molecule has 3 aliphatic heterocycles. The summed E-state index contributed by atoms with van der Waals surface area (Å²) in [7, 11) is -2.09. The van der Waals surface area contributed by atoms with Gasteiger partial charge in [-0.25, -0.2) is 8.42 Å². The molecule has 0 aromatic heterocycles. The summed E-state index contributed by atoms with van der Waals surface area (Å²) < 4.78 is 66.2. The molecular formula is C42H59N3O8S. The number of anilines is 1. The zero-order chi connectivity index (χ0) is 37.9. The molecule has 6 rings (SSSR count). The van der Waals surface area contributed by atoms with E-state index in [0.29, 0.717) is 70.7 Å². The van der Waals surface area contributed by atoms with Crippen LogP contribution in [-0.4, -0.2) is 122 Å². The van der Waals surface area contributed by atoms with Gasteiger partial charge < -0.3 is 33.3 Å². The number of ether oxygens (including phenoxy) is 6. The molecule has 0 radical (unpaired) electrons. The van der Waals surface area contributed by atoms with Gasteiger partial charge in [-0.2, -0.15) is 4.31 Å². The molecule has 0 unspecified atom stereocenters. The van der Waals surface area contributed by atoms with Crippen LogP contribution in [0.15, 0.2) is 71.6 Å². The predicted octanol–water partition coefficient (Wildman–Crippen LogP) is 5.64. The van der Waals surface area contributed by atoms with Crippen molar-refractivity contribution in [1.29, 1.82) is 0 Å². The van der Waals surface area contributed by atoms with Gasteiger partial charge in [0.05, 0.1) is 62.4 Å². The Morgan fingerprint density at radius 3 is 2.43 bits per heavy atom. The highest BCUT2D eigenvalue weighted by Gasteiger charge is 2.43.